The zero-order valence-electron chi connectivity index (χ0n) is 13.5. The Morgan fingerprint density at radius 2 is 1.92 bits per heavy atom. The summed E-state index contributed by atoms with van der Waals surface area (Å²) in [6.45, 7) is 1.21. The van der Waals surface area contributed by atoms with Crippen molar-refractivity contribution in [1.29, 1.82) is 0 Å². The van der Waals surface area contributed by atoms with E-state index in [2.05, 4.69) is 4.98 Å². The molecule has 0 atom stereocenters. The first-order valence-corrected chi connectivity index (χ1v) is 8.06. The van der Waals surface area contributed by atoms with E-state index in [-0.39, 0.29) is 17.7 Å². The smallest absolute Gasteiger partial charge is 0.291 e. The second-order valence-corrected chi connectivity index (χ2v) is 6.01. The third-order valence-corrected chi connectivity index (χ3v) is 4.28. The fourth-order valence-electron chi connectivity index (χ4n) is 3.05. The number of hydrogen-bond donors (Lipinski definition) is 1. The standard InChI is InChI=1S/C17H18F2N4O2/c18-12-4-5-13(15(20)24)11(8-12)10-23-16(25)14(19)9-21-17(23)22-6-2-1-3-7-22/h4-5,8-9H,1-3,6-7,10H2,(H2,20,24). The van der Waals surface area contributed by atoms with Gasteiger partial charge in [0.2, 0.25) is 17.7 Å². The maximum Gasteiger partial charge on any atom is 0.291 e. The van der Waals surface area contributed by atoms with Gasteiger partial charge in [0.05, 0.1) is 12.7 Å². The number of hydrogen-bond acceptors (Lipinski definition) is 4. The molecular weight excluding hydrogens is 330 g/mol. The predicted molar refractivity (Wildman–Crippen MR) is 88.5 cm³/mol. The highest BCUT2D eigenvalue weighted by Gasteiger charge is 2.20. The van der Waals surface area contributed by atoms with E-state index < -0.39 is 23.1 Å². The van der Waals surface area contributed by atoms with Crippen LogP contribution >= 0.6 is 0 Å². The van der Waals surface area contributed by atoms with Gasteiger partial charge < -0.3 is 10.6 Å². The van der Waals surface area contributed by atoms with E-state index in [0.717, 1.165) is 42.2 Å². The number of aromatic nitrogens is 2. The Hall–Kier alpha value is -2.77. The molecule has 6 nitrogen and oxygen atoms in total. The molecule has 0 aliphatic carbocycles. The second-order valence-electron chi connectivity index (χ2n) is 6.01. The van der Waals surface area contributed by atoms with E-state index in [0.29, 0.717) is 19.0 Å². The summed E-state index contributed by atoms with van der Waals surface area (Å²) in [6.07, 6.45) is 3.86. The lowest BCUT2D eigenvalue weighted by molar-refractivity contribution is 0.0999. The molecule has 1 aliphatic rings. The molecule has 0 spiro atoms. The monoisotopic (exact) mass is 348 g/mol. The Balaban J connectivity index is 2.08. The Kier molecular flexibility index (Phi) is 4.78. The molecule has 1 fully saturated rings. The van der Waals surface area contributed by atoms with Gasteiger partial charge in [-0.15, -0.1) is 0 Å². The first kappa shape index (κ1) is 17.1. The van der Waals surface area contributed by atoms with E-state index in [1.165, 1.54) is 6.07 Å². The summed E-state index contributed by atoms with van der Waals surface area (Å²) in [4.78, 5) is 29.8. The average molecular weight is 348 g/mol. The summed E-state index contributed by atoms with van der Waals surface area (Å²) >= 11 is 0. The van der Waals surface area contributed by atoms with Crippen molar-refractivity contribution >= 4 is 11.9 Å². The molecule has 2 aromatic rings. The molecule has 3 rings (SSSR count). The topological polar surface area (TPSA) is 81.2 Å². The van der Waals surface area contributed by atoms with Crippen LogP contribution in [0.25, 0.3) is 0 Å². The highest BCUT2D eigenvalue weighted by Crippen LogP contribution is 2.19. The molecule has 0 bridgehead atoms. The molecule has 0 unspecified atom stereocenters. The van der Waals surface area contributed by atoms with E-state index >= 15 is 0 Å². The van der Waals surface area contributed by atoms with Gasteiger partial charge in [-0.2, -0.15) is 4.39 Å². The first-order valence-electron chi connectivity index (χ1n) is 8.06. The molecule has 2 heterocycles. The van der Waals surface area contributed by atoms with E-state index in [4.69, 9.17) is 5.73 Å². The minimum atomic E-state index is -1.00. The van der Waals surface area contributed by atoms with Crippen LogP contribution in [0.2, 0.25) is 0 Å². The van der Waals surface area contributed by atoms with Crippen molar-refractivity contribution in [1.82, 2.24) is 9.55 Å². The molecule has 1 aromatic carbocycles. The SMILES string of the molecule is NC(=O)c1ccc(F)cc1Cn1c(N2CCCCC2)ncc(F)c1=O. The summed E-state index contributed by atoms with van der Waals surface area (Å²) in [6, 6.07) is 3.49. The third kappa shape index (κ3) is 3.52. The molecule has 8 heteroatoms. The maximum atomic E-state index is 13.8. The molecule has 132 valence electrons. The van der Waals surface area contributed by atoms with Crippen LogP contribution < -0.4 is 16.2 Å². The van der Waals surface area contributed by atoms with Crippen LogP contribution in [0.4, 0.5) is 14.7 Å². The number of anilines is 1. The second kappa shape index (κ2) is 7.00. The number of halogens is 2. The Morgan fingerprint density at radius 3 is 2.60 bits per heavy atom. The van der Waals surface area contributed by atoms with Gasteiger partial charge in [0, 0.05) is 18.7 Å². The number of amides is 1. The minimum absolute atomic E-state index is 0.0853. The van der Waals surface area contributed by atoms with E-state index in [9.17, 15) is 18.4 Å². The van der Waals surface area contributed by atoms with Crippen molar-refractivity contribution in [2.75, 3.05) is 18.0 Å². The highest BCUT2D eigenvalue weighted by molar-refractivity contribution is 5.94. The molecule has 0 saturated carbocycles. The minimum Gasteiger partial charge on any atom is -0.366 e. The van der Waals surface area contributed by atoms with Crippen molar-refractivity contribution in [3.05, 3.63) is 57.5 Å². The zero-order valence-corrected chi connectivity index (χ0v) is 13.5. The summed E-state index contributed by atoms with van der Waals surface area (Å²) in [5, 5.41) is 0. The van der Waals surface area contributed by atoms with Gasteiger partial charge in [-0.3, -0.25) is 14.2 Å². The fourth-order valence-corrected chi connectivity index (χ4v) is 3.05. The summed E-state index contributed by atoms with van der Waals surface area (Å²) < 4.78 is 28.5. The number of carbonyl (C=O) groups excluding carboxylic acids is 1. The van der Waals surface area contributed by atoms with Crippen LogP contribution in [0.5, 0.6) is 0 Å². The zero-order chi connectivity index (χ0) is 18.0. The number of benzene rings is 1. The number of carbonyl (C=O) groups is 1. The van der Waals surface area contributed by atoms with E-state index in [1.54, 1.807) is 0 Å². The van der Waals surface area contributed by atoms with Crippen molar-refractivity contribution in [2.24, 2.45) is 5.73 Å². The summed E-state index contributed by atoms with van der Waals surface area (Å²) in [7, 11) is 0. The number of primary amides is 1. The molecule has 2 N–H and O–H groups in total. The van der Waals surface area contributed by atoms with E-state index in [1.807, 2.05) is 4.90 Å². The quantitative estimate of drug-likeness (QED) is 0.911. The van der Waals surface area contributed by atoms with Crippen LogP contribution in [0.3, 0.4) is 0 Å². The number of nitrogens with two attached hydrogens (primary N) is 1. The van der Waals surface area contributed by atoms with Gasteiger partial charge in [-0.25, -0.2) is 9.37 Å². The number of rotatable bonds is 4. The summed E-state index contributed by atoms with van der Waals surface area (Å²) in [5.41, 5.74) is 4.75. The third-order valence-electron chi connectivity index (χ3n) is 4.28. The van der Waals surface area contributed by atoms with Gasteiger partial charge in [-0.05, 0) is 43.0 Å². The van der Waals surface area contributed by atoms with Crippen LogP contribution in [-0.4, -0.2) is 28.5 Å². The van der Waals surface area contributed by atoms with Gasteiger partial charge in [0.25, 0.3) is 5.56 Å². The lowest BCUT2D eigenvalue weighted by Crippen LogP contribution is -2.37. The Morgan fingerprint density at radius 1 is 1.20 bits per heavy atom. The van der Waals surface area contributed by atoms with Crippen LogP contribution in [0, 0.1) is 11.6 Å². The Bertz CT molecular complexity index is 860. The molecule has 1 saturated heterocycles. The molecule has 1 aromatic heterocycles. The van der Waals surface area contributed by atoms with Crippen molar-refractivity contribution < 1.29 is 13.6 Å². The van der Waals surface area contributed by atoms with Crippen LogP contribution in [0.15, 0.2) is 29.2 Å². The number of piperidine rings is 1. The fraction of sp³-hybridized carbons (Fsp3) is 0.353. The van der Waals surface area contributed by atoms with Gasteiger partial charge in [0.15, 0.2) is 0 Å². The molecule has 1 amide bonds. The highest BCUT2D eigenvalue weighted by atomic mass is 19.1. The van der Waals surface area contributed by atoms with Gasteiger partial charge in [-0.1, -0.05) is 0 Å². The lowest BCUT2D eigenvalue weighted by Gasteiger charge is -2.29. The van der Waals surface area contributed by atoms with Crippen molar-refractivity contribution in [2.45, 2.75) is 25.8 Å². The van der Waals surface area contributed by atoms with Crippen molar-refractivity contribution in [3.63, 3.8) is 0 Å². The molecule has 25 heavy (non-hydrogen) atoms. The molecular formula is C17H18F2N4O2. The van der Waals surface area contributed by atoms with Gasteiger partial charge in [0.1, 0.15) is 5.82 Å². The average Bonchev–Trinajstić information content (AvgIpc) is 2.60. The molecule has 1 aliphatic heterocycles. The van der Waals surface area contributed by atoms with Gasteiger partial charge >= 0.3 is 0 Å². The largest absolute Gasteiger partial charge is 0.366 e. The molecule has 0 radical (unpaired) electrons. The normalized spacial score (nSPS) is 14.6. The summed E-state index contributed by atoms with van der Waals surface area (Å²) in [5.74, 6) is -2.01. The lowest BCUT2D eigenvalue weighted by atomic mass is 10.1. The van der Waals surface area contributed by atoms with Crippen LogP contribution in [-0.2, 0) is 6.54 Å². The Labute approximate surface area is 142 Å². The predicted octanol–water partition coefficient (Wildman–Crippen LogP) is 1.66. The maximum absolute atomic E-state index is 13.8. The first-order chi connectivity index (χ1) is 12.0. The van der Waals surface area contributed by atoms with Crippen LogP contribution in [0.1, 0.15) is 35.2 Å². The van der Waals surface area contributed by atoms with Crippen molar-refractivity contribution in [3.8, 4) is 0 Å². The number of nitrogens with zero attached hydrogens (tertiary/aromatic N) is 3.